The van der Waals surface area contributed by atoms with Crippen molar-refractivity contribution in [3.05, 3.63) is 53.8 Å². The molecule has 1 aromatic heterocycles. The number of hydrogen-bond acceptors (Lipinski definition) is 6. The van der Waals surface area contributed by atoms with Gasteiger partial charge in [-0.05, 0) is 35.9 Å². The average Bonchev–Trinajstić information content (AvgIpc) is 3.10. The maximum Gasteiger partial charge on any atom is 0.322 e. The average molecular weight is 357 g/mol. The van der Waals surface area contributed by atoms with E-state index < -0.39 is 5.82 Å². The quantitative estimate of drug-likeness (QED) is 0.730. The van der Waals surface area contributed by atoms with E-state index in [0.717, 1.165) is 5.56 Å². The molecule has 0 radical (unpaired) electrons. The van der Waals surface area contributed by atoms with Crippen LogP contribution in [0.15, 0.2) is 46.9 Å². The lowest BCUT2D eigenvalue weighted by Crippen LogP contribution is -2.14. The Balaban J connectivity index is 1.67. The second kappa shape index (κ2) is 7.64. The lowest BCUT2D eigenvalue weighted by molar-refractivity contribution is -0.115. The van der Waals surface area contributed by atoms with Crippen molar-refractivity contribution in [1.29, 1.82) is 0 Å². The highest BCUT2D eigenvalue weighted by molar-refractivity contribution is 5.90. The summed E-state index contributed by atoms with van der Waals surface area (Å²) < 4.78 is 29.0. The molecule has 0 aliphatic heterocycles. The molecule has 26 heavy (non-hydrogen) atoms. The topological polar surface area (TPSA) is 86.5 Å². The van der Waals surface area contributed by atoms with Crippen LogP contribution in [0.1, 0.15) is 5.56 Å². The molecule has 1 amide bonds. The Labute approximate surface area is 148 Å². The lowest BCUT2D eigenvalue weighted by atomic mass is 10.1. The molecule has 8 heteroatoms. The standard InChI is InChI=1S/C18H16FN3O4/c1-24-14-7-6-11(8-15(14)25-2)9-16(23)20-18-22-21-17(26-18)12-4-3-5-13(19)10-12/h3-8,10H,9H2,1-2H3,(H,20,22,23). The van der Waals surface area contributed by atoms with Crippen molar-refractivity contribution in [2.24, 2.45) is 0 Å². The smallest absolute Gasteiger partial charge is 0.322 e. The monoisotopic (exact) mass is 357 g/mol. The van der Waals surface area contributed by atoms with Crippen LogP contribution < -0.4 is 14.8 Å². The van der Waals surface area contributed by atoms with Gasteiger partial charge in [-0.3, -0.25) is 10.1 Å². The van der Waals surface area contributed by atoms with Crippen molar-refractivity contribution in [3.63, 3.8) is 0 Å². The second-order valence-electron chi connectivity index (χ2n) is 5.34. The first-order valence-corrected chi connectivity index (χ1v) is 7.69. The van der Waals surface area contributed by atoms with Crippen molar-refractivity contribution in [3.8, 4) is 23.0 Å². The van der Waals surface area contributed by atoms with Gasteiger partial charge >= 0.3 is 6.01 Å². The maximum absolute atomic E-state index is 13.2. The molecule has 0 spiro atoms. The van der Waals surface area contributed by atoms with E-state index in [1.165, 1.54) is 32.4 Å². The van der Waals surface area contributed by atoms with Gasteiger partial charge in [0, 0.05) is 5.56 Å². The van der Waals surface area contributed by atoms with Crippen LogP contribution >= 0.6 is 0 Å². The minimum Gasteiger partial charge on any atom is -0.493 e. The summed E-state index contributed by atoms with van der Waals surface area (Å²) in [6.07, 6.45) is 0.0814. The van der Waals surface area contributed by atoms with Gasteiger partial charge in [0.05, 0.1) is 20.6 Å². The molecule has 2 aromatic carbocycles. The predicted molar refractivity (Wildman–Crippen MR) is 91.6 cm³/mol. The molecule has 0 unspecified atom stereocenters. The summed E-state index contributed by atoms with van der Waals surface area (Å²) in [6.45, 7) is 0. The molecule has 0 atom stereocenters. The van der Waals surface area contributed by atoms with E-state index in [9.17, 15) is 9.18 Å². The molecule has 3 rings (SSSR count). The molecule has 3 aromatic rings. The summed E-state index contributed by atoms with van der Waals surface area (Å²) in [4.78, 5) is 12.2. The first kappa shape index (κ1) is 17.4. The van der Waals surface area contributed by atoms with Crippen molar-refractivity contribution in [2.75, 3.05) is 19.5 Å². The fourth-order valence-electron chi connectivity index (χ4n) is 2.35. The summed E-state index contributed by atoms with van der Waals surface area (Å²) in [6, 6.07) is 10.9. The lowest BCUT2D eigenvalue weighted by Gasteiger charge is -2.09. The van der Waals surface area contributed by atoms with Crippen LogP contribution in [0.4, 0.5) is 10.4 Å². The third-order valence-electron chi connectivity index (χ3n) is 3.56. The zero-order valence-electron chi connectivity index (χ0n) is 14.2. The number of benzene rings is 2. The number of carbonyl (C=O) groups is 1. The van der Waals surface area contributed by atoms with Crippen molar-refractivity contribution in [1.82, 2.24) is 10.2 Å². The van der Waals surface area contributed by atoms with Crippen LogP contribution in [0.3, 0.4) is 0 Å². The van der Waals surface area contributed by atoms with Crippen LogP contribution in [-0.2, 0) is 11.2 Å². The summed E-state index contributed by atoms with van der Waals surface area (Å²) in [5, 5.41) is 10.1. The van der Waals surface area contributed by atoms with E-state index >= 15 is 0 Å². The van der Waals surface area contributed by atoms with Gasteiger partial charge in [0.25, 0.3) is 0 Å². The van der Waals surface area contributed by atoms with Crippen molar-refractivity contribution < 1.29 is 23.1 Å². The van der Waals surface area contributed by atoms with Gasteiger partial charge in [0.15, 0.2) is 11.5 Å². The number of ether oxygens (including phenoxy) is 2. The van der Waals surface area contributed by atoms with Gasteiger partial charge < -0.3 is 13.9 Å². The largest absolute Gasteiger partial charge is 0.493 e. The fourth-order valence-corrected chi connectivity index (χ4v) is 2.35. The Bertz CT molecular complexity index is 926. The number of nitrogens with zero attached hydrogens (tertiary/aromatic N) is 2. The molecule has 0 aliphatic carbocycles. The fraction of sp³-hybridized carbons (Fsp3) is 0.167. The normalized spacial score (nSPS) is 10.4. The predicted octanol–water partition coefficient (Wildman–Crippen LogP) is 3.07. The second-order valence-corrected chi connectivity index (χ2v) is 5.34. The molecule has 0 saturated heterocycles. The summed E-state index contributed by atoms with van der Waals surface area (Å²) in [5.74, 6) is 0.467. The van der Waals surface area contributed by atoms with E-state index in [0.29, 0.717) is 17.1 Å². The van der Waals surface area contributed by atoms with Crippen LogP contribution in [0.5, 0.6) is 11.5 Å². The van der Waals surface area contributed by atoms with Crippen LogP contribution in [0.2, 0.25) is 0 Å². The van der Waals surface area contributed by atoms with Crippen molar-refractivity contribution >= 4 is 11.9 Å². The van der Waals surface area contributed by atoms with Crippen molar-refractivity contribution in [2.45, 2.75) is 6.42 Å². The van der Waals surface area contributed by atoms with Crippen LogP contribution in [0.25, 0.3) is 11.5 Å². The van der Waals surface area contributed by atoms with Gasteiger partial charge in [0.2, 0.25) is 11.8 Å². The Morgan fingerprint density at radius 3 is 2.65 bits per heavy atom. The van der Waals surface area contributed by atoms with E-state index in [-0.39, 0.29) is 24.2 Å². The molecule has 0 saturated carbocycles. The van der Waals surface area contributed by atoms with E-state index in [1.54, 1.807) is 24.3 Å². The Morgan fingerprint density at radius 2 is 1.92 bits per heavy atom. The number of hydrogen-bond donors (Lipinski definition) is 1. The maximum atomic E-state index is 13.2. The number of nitrogens with one attached hydrogen (secondary N) is 1. The molecular formula is C18H16FN3O4. The minimum atomic E-state index is -0.417. The molecule has 7 nitrogen and oxygen atoms in total. The molecule has 0 aliphatic rings. The van der Waals surface area contributed by atoms with Crippen LogP contribution in [0, 0.1) is 5.82 Å². The summed E-state index contributed by atoms with van der Waals surface area (Å²) in [5.41, 5.74) is 1.16. The van der Waals surface area contributed by atoms with E-state index in [2.05, 4.69) is 15.5 Å². The number of aromatic nitrogens is 2. The number of amides is 1. The van der Waals surface area contributed by atoms with Gasteiger partial charge in [-0.2, -0.15) is 0 Å². The van der Waals surface area contributed by atoms with Gasteiger partial charge in [-0.25, -0.2) is 4.39 Å². The minimum absolute atomic E-state index is 0.0604. The number of carbonyl (C=O) groups excluding carboxylic acids is 1. The summed E-state index contributed by atoms with van der Waals surface area (Å²) in [7, 11) is 3.06. The molecule has 1 heterocycles. The van der Waals surface area contributed by atoms with Gasteiger partial charge in [0.1, 0.15) is 5.82 Å². The molecule has 134 valence electrons. The highest BCUT2D eigenvalue weighted by atomic mass is 19.1. The highest BCUT2D eigenvalue weighted by Crippen LogP contribution is 2.28. The zero-order chi connectivity index (χ0) is 18.5. The molecular weight excluding hydrogens is 341 g/mol. The summed E-state index contributed by atoms with van der Waals surface area (Å²) >= 11 is 0. The Hall–Kier alpha value is -3.42. The van der Waals surface area contributed by atoms with Gasteiger partial charge in [-0.15, -0.1) is 5.10 Å². The number of anilines is 1. The highest BCUT2D eigenvalue weighted by Gasteiger charge is 2.13. The Morgan fingerprint density at radius 1 is 1.12 bits per heavy atom. The number of halogens is 1. The first-order chi connectivity index (χ1) is 12.6. The Kier molecular flexibility index (Phi) is 5.12. The first-order valence-electron chi connectivity index (χ1n) is 7.69. The van der Waals surface area contributed by atoms with Gasteiger partial charge in [-0.1, -0.05) is 17.2 Å². The third kappa shape index (κ3) is 3.97. The van der Waals surface area contributed by atoms with E-state index in [1.807, 2.05) is 0 Å². The van der Waals surface area contributed by atoms with E-state index in [4.69, 9.17) is 13.9 Å². The van der Waals surface area contributed by atoms with Crippen LogP contribution in [-0.4, -0.2) is 30.3 Å². The molecule has 1 N–H and O–H groups in total. The molecule has 0 fully saturated rings. The number of rotatable bonds is 6. The molecule has 0 bridgehead atoms. The third-order valence-corrected chi connectivity index (χ3v) is 3.56. The SMILES string of the molecule is COc1ccc(CC(=O)Nc2nnc(-c3cccc(F)c3)o2)cc1OC. The number of methoxy groups -OCH3 is 2. The zero-order valence-corrected chi connectivity index (χ0v) is 14.2.